The van der Waals surface area contributed by atoms with Crippen LogP contribution in [0.1, 0.15) is 112 Å². The van der Waals surface area contributed by atoms with Crippen LogP contribution in [-0.4, -0.2) is 102 Å². The maximum Gasteiger partial charge on any atom is 0.325 e. The van der Waals surface area contributed by atoms with E-state index in [2.05, 4.69) is 28.2 Å². The van der Waals surface area contributed by atoms with E-state index >= 15 is 0 Å². The Labute approximate surface area is 291 Å². The lowest BCUT2D eigenvalue weighted by molar-refractivity contribution is -0.157. The first kappa shape index (κ1) is 41.9. The number of amides is 5. The second-order valence-corrected chi connectivity index (χ2v) is 14.2. The van der Waals surface area contributed by atoms with Crippen LogP contribution in [0.5, 0.6) is 0 Å². The van der Waals surface area contributed by atoms with Crippen LogP contribution in [0.2, 0.25) is 0 Å². The number of hydrogen-bond acceptors (Lipinski definition) is 9. The summed E-state index contributed by atoms with van der Waals surface area (Å²) >= 11 is 0. The monoisotopic (exact) mass is 694 g/mol. The molecule has 1 heterocycles. The summed E-state index contributed by atoms with van der Waals surface area (Å²) in [7, 11) is 1.55. The molecule has 49 heavy (non-hydrogen) atoms. The second kappa shape index (κ2) is 21.1. The third kappa shape index (κ3) is 13.2. The van der Waals surface area contributed by atoms with E-state index in [1.54, 1.807) is 14.0 Å². The van der Waals surface area contributed by atoms with Crippen molar-refractivity contribution in [1.82, 2.24) is 26.2 Å². The topological polar surface area (TPSA) is 209 Å². The van der Waals surface area contributed by atoms with Crippen molar-refractivity contribution in [3.05, 3.63) is 0 Å². The molecule has 7 N–H and O–H groups in total. The molecule has 1 saturated carbocycles. The Balaban J connectivity index is 2.58. The first-order valence-corrected chi connectivity index (χ1v) is 18.2. The number of hydrogen-bond donors (Lipinski definition) is 6. The molecule has 2 fully saturated rings. The first-order valence-electron chi connectivity index (χ1n) is 18.2. The van der Waals surface area contributed by atoms with Gasteiger partial charge in [-0.2, -0.15) is 0 Å². The summed E-state index contributed by atoms with van der Waals surface area (Å²) in [6.07, 6.45) is 7.21. The summed E-state index contributed by atoms with van der Waals surface area (Å²) in [4.78, 5) is 82.9. The van der Waals surface area contributed by atoms with Gasteiger partial charge in [-0.25, -0.2) is 0 Å². The fourth-order valence-electron chi connectivity index (χ4n) is 6.63. The Morgan fingerprint density at radius 2 is 1.53 bits per heavy atom. The molecule has 0 aromatic carbocycles. The van der Waals surface area contributed by atoms with Crippen molar-refractivity contribution >= 4 is 35.5 Å². The summed E-state index contributed by atoms with van der Waals surface area (Å²) in [6, 6.07) is -4.69. The maximum atomic E-state index is 14.1. The van der Waals surface area contributed by atoms with Crippen molar-refractivity contribution in [2.45, 2.75) is 148 Å². The van der Waals surface area contributed by atoms with E-state index in [9.17, 15) is 33.9 Å². The molecule has 14 heteroatoms. The van der Waals surface area contributed by atoms with E-state index in [0.29, 0.717) is 32.1 Å². The number of nitrogens with one attached hydrogen (secondary N) is 4. The number of aliphatic hydroxyl groups excluding tert-OH is 1. The molecule has 1 aliphatic heterocycles. The number of esters is 1. The Hall–Kier alpha value is -3.26. The molecule has 0 aromatic heterocycles. The van der Waals surface area contributed by atoms with Crippen molar-refractivity contribution in [2.24, 2.45) is 23.5 Å². The average molecular weight is 695 g/mol. The van der Waals surface area contributed by atoms with Crippen LogP contribution in [-0.2, 0) is 33.5 Å². The minimum atomic E-state index is -1.47. The predicted octanol–water partition coefficient (Wildman–Crippen LogP) is 1.27. The summed E-state index contributed by atoms with van der Waals surface area (Å²) in [5, 5.41) is 20.8. The van der Waals surface area contributed by atoms with Crippen molar-refractivity contribution < 1.29 is 38.6 Å². The number of unbranched alkanes of at least 4 members (excludes halogenated alkanes) is 3. The zero-order valence-corrected chi connectivity index (χ0v) is 30.4. The van der Waals surface area contributed by atoms with E-state index in [0.717, 1.165) is 44.9 Å². The van der Waals surface area contributed by atoms with Crippen LogP contribution in [0, 0.1) is 17.8 Å². The Morgan fingerprint density at radius 1 is 0.878 bits per heavy atom. The minimum Gasteiger partial charge on any atom is -0.460 e. The molecule has 2 rings (SSSR count). The fourth-order valence-corrected chi connectivity index (χ4v) is 6.63. The highest BCUT2D eigenvalue weighted by atomic mass is 16.5. The van der Waals surface area contributed by atoms with Crippen LogP contribution < -0.4 is 27.0 Å². The average Bonchev–Trinajstić information content (AvgIpc) is 3.35. The Bertz CT molecular complexity index is 1110. The van der Waals surface area contributed by atoms with Crippen LogP contribution in [0.4, 0.5) is 0 Å². The van der Waals surface area contributed by atoms with Gasteiger partial charge in [0.1, 0.15) is 36.8 Å². The van der Waals surface area contributed by atoms with Crippen LogP contribution in [0.25, 0.3) is 0 Å². The summed E-state index contributed by atoms with van der Waals surface area (Å²) in [5.74, 6) is -4.94. The first-order chi connectivity index (χ1) is 23.2. The van der Waals surface area contributed by atoms with Gasteiger partial charge in [-0.05, 0) is 50.9 Å². The number of carbonyl (C=O) groups excluding carboxylic acids is 6. The van der Waals surface area contributed by atoms with Gasteiger partial charge >= 0.3 is 5.97 Å². The number of nitrogens with zero attached hydrogens (tertiary/aromatic N) is 1. The zero-order valence-electron chi connectivity index (χ0n) is 30.4. The highest BCUT2D eigenvalue weighted by molar-refractivity contribution is 5.96. The molecule has 0 bridgehead atoms. The molecule has 0 spiro atoms. The van der Waals surface area contributed by atoms with Crippen molar-refractivity contribution in [3.8, 4) is 0 Å². The normalized spacial score (nSPS) is 28.6. The number of ether oxygens (including phenoxy) is 1. The maximum absolute atomic E-state index is 14.1. The third-order valence-corrected chi connectivity index (χ3v) is 9.67. The van der Waals surface area contributed by atoms with Gasteiger partial charge in [-0.15, -0.1) is 0 Å². The van der Waals surface area contributed by atoms with Crippen LogP contribution >= 0.6 is 0 Å². The van der Waals surface area contributed by atoms with Crippen LogP contribution in [0.15, 0.2) is 0 Å². The van der Waals surface area contributed by atoms with Gasteiger partial charge < -0.3 is 41.7 Å². The molecule has 280 valence electrons. The van der Waals surface area contributed by atoms with E-state index in [4.69, 9.17) is 10.5 Å². The van der Waals surface area contributed by atoms with Gasteiger partial charge in [0.2, 0.25) is 29.5 Å². The second-order valence-electron chi connectivity index (χ2n) is 14.2. The molecule has 0 aromatic rings. The van der Waals surface area contributed by atoms with Gasteiger partial charge in [0.25, 0.3) is 0 Å². The third-order valence-electron chi connectivity index (χ3n) is 9.67. The quantitative estimate of drug-likeness (QED) is 0.110. The Kier molecular flexibility index (Phi) is 18.0. The van der Waals surface area contributed by atoms with Gasteiger partial charge in [0.05, 0.1) is 12.0 Å². The molecule has 5 amide bonds. The van der Waals surface area contributed by atoms with Gasteiger partial charge in [-0.3, -0.25) is 28.8 Å². The SMILES string of the molecule is CCCCCC[C@H]1OC(=O)CNC(=O)[C@H]([C@H](C)O)NC(=O)[C@H](CN)NC(=O)[C@H](C2CCCCCC2)NC(=O)[C@H](CC(C)C)N(C)C(=O)[C@@H]1C. The van der Waals surface area contributed by atoms with E-state index in [1.807, 2.05) is 13.8 Å². The molecule has 1 saturated heterocycles. The van der Waals surface area contributed by atoms with E-state index < -0.39 is 84.3 Å². The summed E-state index contributed by atoms with van der Waals surface area (Å²) < 4.78 is 5.77. The lowest BCUT2D eigenvalue weighted by atomic mass is 9.90. The number of aliphatic hydroxyl groups is 1. The number of cyclic esters (lactones) is 1. The summed E-state index contributed by atoms with van der Waals surface area (Å²) in [5.41, 5.74) is 5.90. The lowest BCUT2D eigenvalue weighted by Gasteiger charge is -2.35. The largest absolute Gasteiger partial charge is 0.460 e. The minimum absolute atomic E-state index is 0.0199. The standard InChI is InChI=1S/C35H62N6O8/c1-7-8-9-14-17-27-22(4)35(48)41(6)26(18-21(2)3)32(45)40-30(24-15-12-10-11-13-16-24)34(47)38-25(19-36)31(44)39-29(23(5)42)33(46)37-20-28(43)49-27/h21-27,29-30,42H,7-20,36H2,1-6H3,(H,37,46)(H,38,47)(H,39,44)(H,40,45)/t22-,23+,25+,26+,27-,29+,30+/m1/s1. The molecule has 1 aliphatic carbocycles. The molecule has 7 atom stereocenters. The van der Waals surface area contributed by atoms with Crippen LogP contribution in [0.3, 0.4) is 0 Å². The lowest BCUT2D eigenvalue weighted by Crippen LogP contribution is -2.62. The molecule has 14 nitrogen and oxygen atoms in total. The predicted molar refractivity (Wildman–Crippen MR) is 185 cm³/mol. The van der Waals surface area contributed by atoms with Crippen molar-refractivity contribution in [2.75, 3.05) is 20.1 Å². The number of likely N-dealkylation sites (N-methyl/N-ethyl adjacent to an activating group) is 1. The number of carbonyl (C=O) groups is 6. The smallest absolute Gasteiger partial charge is 0.325 e. The molecule has 0 unspecified atom stereocenters. The number of rotatable bonds is 10. The van der Waals surface area contributed by atoms with Gasteiger partial charge in [-0.1, -0.05) is 72.6 Å². The van der Waals surface area contributed by atoms with Crippen molar-refractivity contribution in [1.29, 1.82) is 0 Å². The van der Waals surface area contributed by atoms with Gasteiger partial charge in [0, 0.05) is 13.6 Å². The molecular weight excluding hydrogens is 632 g/mol. The molecule has 0 radical (unpaired) electrons. The number of nitrogens with two attached hydrogens (primary N) is 1. The fraction of sp³-hybridized carbons (Fsp3) is 0.829. The molecule has 2 aliphatic rings. The molecular formula is C35H62N6O8. The Morgan fingerprint density at radius 3 is 2.10 bits per heavy atom. The van der Waals surface area contributed by atoms with Gasteiger partial charge in [0.15, 0.2) is 0 Å². The van der Waals surface area contributed by atoms with E-state index in [1.165, 1.54) is 11.8 Å². The highest BCUT2D eigenvalue weighted by Crippen LogP contribution is 2.27. The zero-order chi connectivity index (χ0) is 36.7. The highest BCUT2D eigenvalue weighted by Gasteiger charge is 2.39. The van der Waals surface area contributed by atoms with E-state index in [-0.39, 0.29) is 18.4 Å². The summed E-state index contributed by atoms with van der Waals surface area (Å²) in [6.45, 7) is 8.02. The van der Waals surface area contributed by atoms with Crippen molar-refractivity contribution in [3.63, 3.8) is 0 Å².